The molecule has 0 aliphatic heterocycles. The zero-order valence-corrected chi connectivity index (χ0v) is 14.1. The molecule has 0 spiro atoms. The van der Waals surface area contributed by atoms with Gasteiger partial charge in [-0.25, -0.2) is 4.68 Å². The molecule has 2 atom stereocenters. The molecular weight excluding hydrogens is 308 g/mol. The van der Waals surface area contributed by atoms with Crippen LogP contribution in [0.4, 0.5) is 8.78 Å². The number of amides is 1. The summed E-state index contributed by atoms with van der Waals surface area (Å²) in [6.45, 7) is 2.70. The zero-order valence-electron chi connectivity index (χ0n) is 13.2. The van der Waals surface area contributed by atoms with Crippen molar-refractivity contribution in [1.82, 2.24) is 15.1 Å². The van der Waals surface area contributed by atoms with E-state index in [-0.39, 0.29) is 18.4 Å². The van der Waals surface area contributed by atoms with Crippen molar-refractivity contribution < 1.29 is 13.6 Å². The van der Waals surface area contributed by atoms with Crippen molar-refractivity contribution in [2.24, 2.45) is 0 Å². The lowest BCUT2D eigenvalue weighted by molar-refractivity contribution is -0.121. The normalized spacial score (nSPS) is 21.5. The molecule has 0 unspecified atom stereocenters. The van der Waals surface area contributed by atoms with Crippen molar-refractivity contribution in [3.63, 3.8) is 0 Å². The van der Waals surface area contributed by atoms with Crippen LogP contribution in [0.3, 0.4) is 0 Å². The van der Waals surface area contributed by atoms with Gasteiger partial charge in [-0.3, -0.25) is 4.79 Å². The Morgan fingerprint density at radius 1 is 1.45 bits per heavy atom. The fraction of sp³-hybridized carbons (Fsp3) is 0.733. The Labute approximate surface area is 134 Å². The van der Waals surface area contributed by atoms with Crippen molar-refractivity contribution in [2.75, 3.05) is 5.75 Å². The number of aromatic nitrogens is 2. The Bertz CT molecular complexity index is 533. The molecule has 124 valence electrons. The number of aryl methyl sites for hydroxylation is 1. The van der Waals surface area contributed by atoms with Crippen LogP contribution in [0.2, 0.25) is 0 Å². The number of hydrogen-bond donors (Lipinski definition) is 1. The van der Waals surface area contributed by atoms with E-state index in [2.05, 4.69) is 17.3 Å². The lowest BCUT2D eigenvalue weighted by atomic mass is 10.1. The third kappa shape index (κ3) is 3.80. The second-order valence-electron chi connectivity index (χ2n) is 5.65. The first-order valence-electron chi connectivity index (χ1n) is 7.67. The van der Waals surface area contributed by atoms with Gasteiger partial charge in [0.25, 0.3) is 0 Å². The van der Waals surface area contributed by atoms with E-state index in [0.29, 0.717) is 26.9 Å². The van der Waals surface area contributed by atoms with Crippen LogP contribution in [0.15, 0.2) is 0 Å². The van der Waals surface area contributed by atoms with Crippen LogP contribution in [0, 0.1) is 13.8 Å². The number of carbonyl (C=O) groups excluding carboxylic acids is 1. The third-order valence-corrected chi connectivity index (χ3v) is 5.50. The Balaban J connectivity index is 2.00. The molecule has 0 saturated heterocycles. The van der Waals surface area contributed by atoms with Crippen LogP contribution in [0.1, 0.15) is 49.7 Å². The summed E-state index contributed by atoms with van der Waals surface area (Å²) < 4.78 is 26.3. The van der Waals surface area contributed by atoms with Crippen LogP contribution in [-0.4, -0.2) is 32.7 Å². The molecule has 1 amide bonds. The standard InChI is InChI=1S/C15H23F2N3OS/c1-4-22-13-7-5-6-12(13)18-14(21)8-11-9(2)19-20(10(11)3)15(16)17/h12-13,15H,4-8H2,1-3H3,(H,18,21)/t12-,13-/m0/s1. The smallest absolute Gasteiger partial charge is 0.333 e. The minimum absolute atomic E-state index is 0.103. The minimum atomic E-state index is -2.67. The number of halogens is 2. The van der Waals surface area contributed by atoms with E-state index in [9.17, 15) is 13.6 Å². The fourth-order valence-corrected chi connectivity index (χ4v) is 4.26. The predicted molar refractivity (Wildman–Crippen MR) is 84.4 cm³/mol. The van der Waals surface area contributed by atoms with E-state index in [1.807, 2.05) is 11.8 Å². The summed E-state index contributed by atoms with van der Waals surface area (Å²) in [5, 5.41) is 7.36. The molecule has 7 heteroatoms. The quantitative estimate of drug-likeness (QED) is 0.870. The lowest BCUT2D eigenvalue weighted by Gasteiger charge is -2.20. The van der Waals surface area contributed by atoms with Crippen LogP contribution in [0.25, 0.3) is 0 Å². The van der Waals surface area contributed by atoms with E-state index >= 15 is 0 Å². The molecule has 1 N–H and O–H groups in total. The second-order valence-corrected chi connectivity index (χ2v) is 7.16. The first-order chi connectivity index (χ1) is 10.4. The number of hydrogen-bond acceptors (Lipinski definition) is 3. The summed E-state index contributed by atoms with van der Waals surface area (Å²) in [6.07, 6.45) is 3.37. The highest BCUT2D eigenvalue weighted by molar-refractivity contribution is 7.99. The molecule has 0 bridgehead atoms. The first kappa shape index (κ1) is 17.2. The molecule has 22 heavy (non-hydrogen) atoms. The van der Waals surface area contributed by atoms with Crippen molar-refractivity contribution in [1.29, 1.82) is 0 Å². The Morgan fingerprint density at radius 3 is 2.77 bits per heavy atom. The highest BCUT2D eigenvalue weighted by Gasteiger charge is 2.29. The molecule has 4 nitrogen and oxygen atoms in total. The van der Waals surface area contributed by atoms with Gasteiger partial charge >= 0.3 is 6.55 Å². The fourth-order valence-electron chi connectivity index (χ4n) is 3.07. The molecule has 2 rings (SSSR count). The van der Waals surface area contributed by atoms with Crippen molar-refractivity contribution in [3.05, 3.63) is 17.0 Å². The van der Waals surface area contributed by atoms with Crippen LogP contribution >= 0.6 is 11.8 Å². The van der Waals surface area contributed by atoms with Gasteiger partial charge < -0.3 is 5.32 Å². The number of nitrogens with zero attached hydrogens (tertiary/aromatic N) is 2. The van der Waals surface area contributed by atoms with Gasteiger partial charge in [-0.15, -0.1) is 0 Å². The maximum Gasteiger partial charge on any atom is 0.333 e. The van der Waals surface area contributed by atoms with Crippen molar-refractivity contribution in [3.8, 4) is 0 Å². The number of carbonyl (C=O) groups is 1. The van der Waals surface area contributed by atoms with Crippen LogP contribution < -0.4 is 5.32 Å². The molecule has 1 aromatic rings. The van der Waals surface area contributed by atoms with Gasteiger partial charge in [0, 0.05) is 22.5 Å². The average molecular weight is 331 g/mol. The molecule has 1 aromatic heterocycles. The summed E-state index contributed by atoms with van der Waals surface area (Å²) >= 11 is 1.88. The van der Waals surface area contributed by atoms with Gasteiger partial charge in [0.2, 0.25) is 5.91 Å². The summed E-state index contributed by atoms with van der Waals surface area (Å²) in [5.41, 5.74) is 1.47. The number of alkyl halides is 2. The molecule has 1 fully saturated rings. The van der Waals surface area contributed by atoms with Crippen LogP contribution in [0.5, 0.6) is 0 Å². The summed E-state index contributed by atoms with van der Waals surface area (Å²) in [4.78, 5) is 12.3. The van der Waals surface area contributed by atoms with Gasteiger partial charge in [0.1, 0.15) is 0 Å². The minimum Gasteiger partial charge on any atom is -0.352 e. The van der Waals surface area contributed by atoms with Crippen LogP contribution in [-0.2, 0) is 11.2 Å². The maximum atomic E-state index is 12.8. The topological polar surface area (TPSA) is 46.9 Å². The molecule has 0 aromatic carbocycles. The SMILES string of the molecule is CCS[C@H]1CCC[C@@H]1NC(=O)Cc1c(C)nn(C(F)F)c1C. The molecule has 1 saturated carbocycles. The highest BCUT2D eigenvalue weighted by Crippen LogP contribution is 2.30. The average Bonchev–Trinajstić information content (AvgIpc) is 2.99. The number of nitrogens with one attached hydrogen (secondary N) is 1. The first-order valence-corrected chi connectivity index (χ1v) is 8.72. The van der Waals surface area contributed by atoms with Gasteiger partial charge in [-0.1, -0.05) is 13.3 Å². The van der Waals surface area contributed by atoms with Gasteiger partial charge in [0.15, 0.2) is 0 Å². The monoisotopic (exact) mass is 331 g/mol. The van der Waals surface area contributed by atoms with E-state index in [0.717, 1.165) is 25.0 Å². The lowest BCUT2D eigenvalue weighted by Crippen LogP contribution is -2.39. The van der Waals surface area contributed by atoms with Gasteiger partial charge in [-0.2, -0.15) is 25.6 Å². The van der Waals surface area contributed by atoms with E-state index in [1.54, 1.807) is 13.8 Å². The Kier molecular flexibility index (Phi) is 5.83. The zero-order chi connectivity index (χ0) is 16.3. The molecular formula is C15H23F2N3OS. The van der Waals surface area contributed by atoms with E-state index < -0.39 is 6.55 Å². The van der Waals surface area contributed by atoms with Crippen molar-refractivity contribution >= 4 is 17.7 Å². The molecule has 1 heterocycles. The summed E-state index contributed by atoms with van der Waals surface area (Å²) in [5.74, 6) is 0.935. The molecule has 1 aliphatic rings. The molecule has 0 radical (unpaired) electrons. The van der Waals surface area contributed by atoms with Gasteiger partial charge in [0.05, 0.1) is 12.1 Å². The van der Waals surface area contributed by atoms with Gasteiger partial charge in [-0.05, 0) is 32.4 Å². The largest absolute Gasteiger partial charge is 0.352 e. The summed E-state index contributed by atoms with van der Waals surface area (Å²) in [7, 11) is 0. The summed E-state index contributed by atoms with van der Waals surface area (Å²) in [6, 6.07) is 0.197. The van der Waals surface area contributed by atoms with Crippen molar-refractivity contribution in [2.45, 2.75) is 64.3 Å². The van der Waals surface area contributed by atoms with E-state index in [4.69, 9.17) is 0 Å². The molecule has 1 aliphatic carbocycles. The highest BCUT2D eigenvalue weighted by atomic mass is 32.2. The Hall–Kier alpha value is -1.11. The Morgan fingerprint density at radius 2 is 2.18 bits per heavy atom. The second kappa shape index (κ2) is 7.44. The predicted octanol–water partition coefficient (Wildman–Crippen LogP) is 3.23. The number of rotatable bonds is 6. The van der Waals surface area contributed by atoms with E-state index in [1.165, 1.54) is 0 Å². The number of thioether (sulfide) groups is 1. The maximum absolute atomic E-state index is 12.8. The third-order valence-electron chi connectivity index (χ3n) is 4.18.